The Bertz CT molecular complexity index is 964. The van der Waals surface area contributed by atoms with E-state index in [-0.39, 0.29) is 42.2 Å². The van der Waals surface area contributed by atoms with Gasteiger partial charge < -0.3 is 33.2 Å². The van der Waals surface area contributed by atoms with E-state index >= 15 is 0 Å². The van der Waals surface area contributed by atoms with E-state index in [1.54, 1.807) is 12.1 Å². The summed E-state index contributed by atoms with van der Waals surface area (Å²) in [4.78, 5) is 14.5. The van der Waals surface area contributed by atoms with E-state index in [2.05, 4.69) is 7.05 Å². The molecule has 0 saturated carbocycles. The smallest absolute Gasteiger partial charge is 0.415 e. The fourth-order valence-corrected chi connectivity index (χ4v) is 4.65. The monoisotopic (exact) mass is 546 g/mol. The van der Waals surface area contributed by atoms with Gasteiger partial charge in [-0.15, -0.1) is 0 Å². The molecule has 0 aromatic heterocycles. The lowest BCUT2D eigenvalue weighted by Gasteiger charge is -2.49. The van der Waals surface area contributed by atoms with Crippen LogP contribution >= 0.6 is 0 Å². The summed E-state index contributed by atoms with van der Waals surface area (Å²) in [6, 6.07) is 8.47. The Morgan fingerprint density at radius 3 is 2.39 bits per heavy atom. The number of fused-ring (bicyclic) bond motifs is 3. The van der Waals surface area contributed by atoms with Crippen molar-refractivity contribution in [3.8, 4) is 0 Å². The van der Waals surface area contributed by atoms with E-state index in [1.165, 1.54) is 4.90 Å². The zero-order valence-electron chi connectivity index (χ0n) is 17.6. The first-order valence-corrected chi connectivity index (χ1v) is 10.3. The third kappa shape index (κ3) is 5.00. The Balaban J connectivity index is 0.00000272. The molecule has 3 fully saturated rings. The second-order valence-corrected chi connectivity index (χ2v) is 8.74. The molecule has 2 aromatic rings. The van der Waals surface area contributed by atoms with Gasteiger partial charge in [-0.2, -0.15) is 0 Å². The number of nitrogens with zero attached hydrogens (tertiary/aromatic N) is 2. The minimum absolute atomic E-state index is 0. The molecule has 3 heterocycles. The number of hydrogen-bond donors (Lipinski definition) is 0. The number of benzene rings is 2. The summed E-state index contributed by atoms with van der Waals surface area (Å²) in [7, 11) is 2.17. The highest BCUT2D eigenvalue weighted by atomic mass is 127. The van der Waals surface area contributed by atoms with Crippen molar-refractivity contribution < 1.29 is 51.2 Å². The average Bonchev–Trinajstić information content (AvgIpc) is 2.70. The number of aryl methyl sites for hydroxylation is 1. The number of anilines is 1. The van der Waals surface area contributed by atoms with Crippen molar-refractivity contribution in [3.63, 3.8) is 0 Å². The molecular weight excluding hydrogens is 520 g/mol. The van der Waals surface area contributed by atoms with E-state index in [4.69, 9.17) is 4.74 Å². The summed E-state index contributed by atoms with van der Waals surface area (Å²) in [5.74, 6) is -2.99. The average molecular weight is 546 g/mol. The maximum Gasteiger partial charge on any atom is 0.415 e. The lowest BCUT2D eigenvalue weighted by molar-refractivity contribution is -0.928. The quantitative estimate of drug-likeness (QED) is 0.333. The van der Waals surface area contributed by atoms with E-state index in [9.17, 15) is 18.0 Å². The van der Waals surface area contributed by atoms with Crippen molar-refractivity contribution in [2.24, 2.45) is 5.92 Å². The summed E-state index contributed by atoms with van der Waals surface area (Å²) in [6.45, 7) is 4.51. The molecule has 2 bridgehead atoms. The minimum atomic E-state index is -1.26. The van der Waals surface area contributed by atoms with E-state index < -0.39 is 23.5 Å². The highest BCUT2D eigenvalue weighted by Crippen LogP contribution is 2.35. The van der Waals surface area contributed by atoms with E-state index in [0.29, 0.717) is 17.7 Å². The Hall–Kier alpha value is -1.81. The lowest BCUT2D eigenvalue weighted by Crippen LogP contribution is -3.00. The van der Waals surface area contributed by atoms with Gasteiger partial charge in [-0.1, -0.05) is 18.2 Å². The summed E-state index contributed by atoms with van der Waals surface area (Å²) >= 11 is 0. The van der Waals surface area contributed by atoms with Gasteiger partial charge in [0.1, 0.15) is 12.4 Å². The predicted molar refractivity (Wildman–Crippen MR) is 107 cm³/mol. The second-order valence-electron chi connectivity index (χ2n) is 8.74. The third-order valence-electron chi connectivity index (χ3n) is 6.52. The molecule has 1 amide bonds. The first-order valence-electron chi connectivity index (χ1n) is 10.3. The zero-order chi connectivity index (χ0) is 21.5. The van der Waals surface area contributed by atoms with Crippen LogP contribution in [0.5, 0.6) is 0 Å². The molecule has 5 rings (SSSR count). The van der Waals surface area contributed by atoms with Crippen LogP contribution in [0.15, 0.2) is 36.4 Å². The molecule has 3 aliphatic rings. The lowest BCUT2D eigenvalue weighted by atomic mass is 9.84. The molecule has 0 aliphatic carbocycles. The maximum atomic E-state index is 14.3. The molecule has 168 valence electrons. The van der Waals surface area contributed by atoms with Crippen molar-refractivity contribution in [1.29, 1.82) is 0 Å². The summed E-state index contributed by atoms with van der Waals surface area (Å²) in [5.41, 5.74) is 1.24. The molecular formula is C23H26F3IN2O2. The van der Waals surface area contributed by atoms with Gasteiger partial charge in [0.05, 0.1) is 32.4 Å². The van der Waals surface area contributed by atoms with Gasteiger partial charge in [-0.3, -0.25) is 4.90 Å². The zero-order valence-corrected chi connectivity index (χ0v) is 19.7. The van der Waals surface area contributed by atoms with Crippen LogP contribution in [0.4, 0.5) is 23.7 Å². The van der Waals surface area contributed by atoms with Crippen LogP contribution in [0.2, 0.25) is 0 Å². The van der Waals surface area contributed by atoms with Gasteiger partial charge in [-0.25, -0.2) is 18.0 Å². The number of carbonyl (C=O) groups is 1. The fraction of sp³-hybridized carbons (Fsp3) is 0.435. The topological polar surface area (TPSA) is 29.5 Å². The number of piperidine rings is 3. The van der Waals surface area contributed by atoms with Crippen LogP contribution in [0.25, 0.3) is 0 Å². The molecule has 0 N–H and O–H groups in total. The highest BCUT2D eigenvalue weighted by molar-refractivity contribution is 5.88. The number of para-hydroxylation sites is 1. The van der Waals surface area contributed by atoms with Crippen LogP contribution in [-0.4, -0.2) is 43.4 Å². The van der Waals surface area contributed by atoms with Gasteiger partial charge in [0, 0.05) is 30.4 Å². The first-order chi connectivity index (χ1) is 14.3. The van der Waals surface area contributed by atoms with Crippen molar-refractivity contribution in [2.45, 2.75) is 32.4 Å². The molecule has 3 aliphatic heterocycles. The van der Waals surface area contributed by atoms with Gasteiger partial charge in [-0.05, 0) is 24.6 Å². The maximum absolute atomic E-state index is 14.3. The van der Waals surface area contributed by atoms with Gasteiger partial charge in [0.25, 0.3) is 0 Å². The minimum Gasteiger partial charge on any atom is -1.00 e. The van der Waals surface area contributed by atoms with Crippen molar-refractivity contribution in [3.05, 3.63) is 65.0 Å². The molecule has 1 atom stereocenters. The van der Waals surface area contributed by atoms with Gasteiger partial charge in [0.2, 0.25) is 0 Å². The Morgan fingerprint density at radius 1 is 1.10 bits per heavy atom. The van der Waals surface area contributed by atoms with Gasteiger partial charge in [0.15, 0.2) is 17.7 Å². The van der Waals surface area contributed by atoms with Crippen LogP contribution in [0.3, 0.4) is 0 Å². The molecule has 0 unspecified atom stereocenters. The van der Waals surface area contributed by atoms with E-state index in [1.807, 2.05) is 19.1 Å². The number of hydrogen-bond acceptors (Lipinski definition) is 2. The Kier molecular flexibility index (Phi) is 7.20. The summed E-state index contributed by atoms with van der Waals surface area (Å²) in [6.07, 6.45) is 1.22. The van der Waals surface area contributed by atoms with Crippen LogP contribution < -0.4 is 28.9 Å². The third-order valence-corrected chi connectivity index (χ3v) is 6.52. The van der Waals surface area contributed by atoms with Crippen LogP contribution in [0.1, 0.15) is 24.0 Å². The number of rotatable bonds is 4. The number of ether oxygens (including phenoxy) is 1. The number of amides is 1. The molecule has 2 aromatic carbocycles. The highest BCUT2D eigenvalue weighted by Gasteiger charge is 2.45. The second kappa shape index (κ2) is 9.36. The number of likely N-dealkylation sites (N-methyl/N-ethyl adjacent to an activating group) is 1. The Labute approximate surface area is 197 Å². The summed E-state index contributed by atoms with van der Waals surface area (Å²) < 4.78 is 48.2. The fourth-order valence-electron chi connectivity index (χ4n) is 4.65. The molecule has 8 heteroatoms. The first kappa shape index (κ1) is 23.8. The van der Waals surface area contributed by atoms with Crippen molar-refractivity contribution in [1.82, 2.24) is 0 Å². The van der Waals surface area contributed by atoms with Crippen LogP contribution in [0, 0.1) is 30.3 Å². The molecule has 0 spiro atoms. The largest absolute Gasteiger partial charge is 1.00 e. The number of carbonyl (C=O) groups excluding carboxylic acids is 1. The van der Waals surface area contributed by atoms with Gasteiger partial charge >= 0.3 is 6.09 Å². The number of halogens is 4. The molecule has 3 saturated heterocycles. The van der Waals surface area contributed by atoms with E-state index in [0.717, 1.165) is 48.6 Å². The summed E-state index contributed by atoms with van der Waals surface area (Å²) in [5, 5.41) is 0. The molecule has 31 heavy (non-hydrogen) atoms. The molecule has 0 radical (unpaired) electrons. The standard InChI is InChI=1S/C23H26F3N2O2.HI/c1-15-5-3-4-6-21(15)27(13-17-11-19(25)20(26)12-18(17)24)23(29)30-22-14-28(2)9-7-16(22)8-10-28;/h3-6,11-12,16,22H,7-10,13-14H2,1-2H3;1H/q+1;/p-1/t16?,22-,28?;/m0./s1. The van der Waals surface area contributed by atoms with Crippen molar-refractivity contribution in [2.75, 3.05) is 31.6 Å². The van der Waals surface area contributed by atoms with Crippen molar-refractivity contribution >= 4 is 11.8 Å². The predicted octanol–water partition coefficient (Wildman–Crippen LogP) is 1.80. The number of quaternary nitrogens is 1. The van der Waals surface area contributed by atoms with Crippen LogP contribution in [-0.2, 0) is 11.3 Å². The Morgan fingerprint density at radius 2 is 1.74 bits per heavy atom. The SMILES string of the molecule is Cc1ccccc1N(Cc1cc(F)c(F)cc1F)C(=O)O[C@H]1C[N+]2(C)CCC1CC2.[I-]. The molecule has 4 nitrogen and oxygen atoms in total. The normalized spacial score (nSPS) is 24.4.